The van der Waals surface area contributed by atoms with E-state index in [-0.39, 0.29) is 114 Å². The highest BCUT2D eigenvalue weighted by Crippen LogP contribution is 2.69. The quantitative estimate of drug-likeness (QED) is 0.0322. The van der Waals surface area contributed by atoms with Crippen LogP contribution in [0.5, 0.6) is 0 Å². The van der Waals surface area contributed by atoms with Crippen molar-refractivity contribution in [3.05, 3.63) is 359 Å². The van der Waals surface area contributed by atoms with Crippen LogP contribution < -0.4 is 22.9 Å². The van der Waals surface area contributed by atoms with Gasteiger partial charge in [-0.3, -0.25) is 75.9 Å². The number of carbonyl (C=O) groups is 8. The van der Waals surface area contributed by atoms with Gasteiger partial charge in [-0.05, 0) is 159 Å². The van der Waals surface area contributed by atoms with Crippen LogP contribution in [-0.2, 0) is 44.9 Å². The van der Waals surface area contributed by atoms with Gasteiger partial charge in [-0.2, -0.15) is 0 Å². The molecule has 4 aromatic carbocycles. The van der Waals surface area contributed by atoms with Gasteiger partial charge in [-0.25, -0.2) is 39.9 Å². The fourth-order valence-electron chi connectivity index (χ4n) is 23.3. The number of piperidine rings is 3. The molecule has 0 spiro atoms. The summed E-state index contributed by atoms with van der Waals surface area (Å²) in [6.45, 7) is 20.7. The lowest BCUT2D eigenvalue weighted by Crippen LogP contribution is -2.39. The van der Waals surface area contributed by atoms with Crippen molar-refractivity contribution in [2.24, 2.45) is 40.9 Å². The highest BCUT2D eigenvalue weighted by Gasteiger charge is 2.69. The molecule has 4 saturated heterocycles. The SMILES string of the molecule is C=CC(=O)N1C(c2nc(-c3ccc(C(=O)Cc4cc(Cl)ccn4)cc3)c3c(N)nccn23)CC2CC21.C=CC(=O)N1C2CC[C@@H](C2)C1c1nc(-c2ccc(C(=O)Cc3cc(Cl)ccn3)cc2)c2c(N)nccn12.C=CC(=O)N1CC2CCCC2C1c1nc(-c2ccc(C(=O)Cc3cc(Cl)ccn3)cc2)c2c(N)nccn12.C=CC(=O)N1C[C@H]2[C@@H]([C@H]1c1nc(-c3ccc(C(=O)Cc4cc(Cl)ccn4)cc3)c3c(N)nccn13)C2(C)C. The minimum Gasteiger partial charge on any atom is -0.382 e. The van der Waals surface area contributed by atoms with E-state index in [1.807, 2.05) is 111 Å². The summed E-state index contributed by atoms with van der Waals surface area (Å²) >= 11 is 24.1. The molecular weight excluding hydrogens is 1960 g/mol. The Morgan fingerprint density at radius 3 is 1.07 bits per heavy atom. The first kappa shape index (κ1) is 98.8. The first-order valence-corrected chi connectivity index (χ1v) is 50.8. The number of nitrogens with two attached hydrogens (primary N) is 4. The number of likely N-dealkylation sites (tertiary alicyclic amines) is 4. The van der Waals surface area contributed by atoms with Crippen LogP contribution in [0.2, 0.25) is 20.1 Å². The van der Waals surface area contributed by atoms with Gasteiger partial charge in [0.25, 0.3) is 0 Å². The Kier molecular flexibility index (Phi) is 26.9. The van der Waals surface area contributed by atoms with Crippen LogP contribution in [0.3, 0.4) is 0 Å². The summed E-state index contributed by atoms with van der Waals surface area (Å²) in [7, 11) is 0. The van der Waals surface area contributed by atoms with Crippen molar-refractivity contribution in [2.75, 3.05) is 36.0 Å². The molecule has 8 N–H and O–H groups in total. The molecular formula is C113H102Cl4N24O8. The topological polar surface area (TPSA) is 426 Å². The van der Waals surface area contributed by atoms with Gasteiger partial charge in [0.1, 0.15) is 91.4 Å². The van der Waals surface area contributed by atoms with E-state index in [4.69, 9.17) is 89.3 Å². The molecule has 0 radical (unpaired) electrons. The number of amides is 4. The average molecular weight is 2070 g/mol. The number of halogens is 4. The van der Waals surface area contributed by atoms with Crippen molar-refractivity contribution in [1.29, 1.82) is 0 Å². The van der Waals surface area contributed by atoms with Crippen molar-refractivity contribution in [3.8, 4) is 45.0 Å². The standard InChI is InChI=1S/2C29H27ClN6O2.C28H25ClN6O2.C27H23ClN6O2/c1-4-22(38)36-15-20-23(29(20,2)3)25(36)28-34-24(26-27(31)33-11-12-35(26)28)17-7-5-16(6-8-17)21(37)14-19-13-18(30)9-10-32-19;1-2-24(38)36-16-19-4-3-5-22(19)26(36)29-34-25(27-28(31)33-12-13-35(27)29)18-8-6-17(7-9-18)23(37)15-21-14-20(30)10-11-32-21;1-2-23(37)35-21-8-7-18(13-21)25(35)28-33-24(26-27(30)32-11-12-34(26)28)17-5-3-16(4-6-17)22(36)15-20-14-19(29)9-10-31-20;1-2-23(36)34-20-11-17(20)12-21(34)27-32-24(25-26(29)31-9-10-33(25)27)16-5-3-15(4-6-16)22(35)14-19-13-18(28)7-8-30-19/h4-13,20,23,25H,1,14-15H2,2-3H3,(H2,31,33);2,6-14,19,22,26H,1,3-5,15-16H2,(H2,31,33);2-6,9-12,14,18,21,25H,1,7-8,13,15H2,(H2,30,32);2-10,13,17,20-21H,1,11-12,14H2,(H2,29,31)/t20-,23-,25-;;18-,21?,25?;/m0.0./s1. The highest BCUT2D eigenvalue weighted by molar-refractivity contribution is 6.31. The van der Waals surface area contributed by atoms with Crippen LogP contribution in [0.4, 0.5) is 23.3 Å². The molecule has 4 amide bonds. The van der Waals surface area contributed by atoms with E-state index in [1.165, 1.54) is 24.3 Å². The van der Waals surface area contributed by atoms with E-state index in [2.05, 4.69) is 80.0 Å². The molecule has 2 bridgehead atoms. The molecule has 8 fully saturated rings. The summed E-state index contributed by atoms with van der Waals surface area (Å²) < 4.78 is 7.80. The van der Waals surface area contributed by atoms with E-state index in [0.717, 1.165) is 96.9 Å². The van der Waals surface area contributed by atoms with Crippen molar-refractivity contribution in [3.63, 3.8) is 0 Å². The summed E-state index contributed by atoms with van der Waals surface area (Å²) in [5, 5.41) is 2.19. The Balaban J connectivity index is 0.000000116. The largest absolute Gasteiger partial charge is 0.382 e. The summed E-state index contributed by atoms with van der Waals surface area (Å²) in [6.07, 6.45) is 34.7. The highest BCUT2D eigenvalue weighted by atomic mass is 35.5. The number of Topliss-reactive ketones (excluding diaryl/α,β-unsaturated/α-hetero) is 4. The number of imidazole rings is 4. The Labute approximate surface area is 876 Å². The fraction of sp³-hybridized carbons (Fsp3) is 0.257. The molecule has 4 saturated carbocycles. The Morgan fingerprint density at radius 1 is 0.362 bits per heavy atom. The van der Waals surface area contributed by atoms with Gasteiger partial charge in [-0.15, -0.1) is 0 Å². The van der Waals surface area contributed by atoms with Gasteiger partial charge < -0.3 is 42.5 Å². The van der Waals surface area contributed by atoms with Crippen LogP contribution >= 0.6 is 46.4 Å². The number of anilines is 4. The zero-order valence-electron chi connectivity index (χ0n) is 81.3. The molecule has 12 aromatic heterocycles. The lowest BCUT2D eigenvalue weighted by molar-refractivity contribution is -0.131. The molecule has 149 heavy (non-hydrogen) atoms. The fourth-order valence-corrected chi connectivity index (χ4v) is 24.0. The smallest absolute Gasteiger partial charge is 0.246 e. The molecule has 32 nitrogen and oxygen atoms in total. The third kappa shape index (κ3) is 18.9. The second-order valence-electron chi connectivity index (χ2n) is 39.4. The van der Waals surface area contributed by atoms with Crippen molar-refractivity contribution >= 4 is 139 Å². The number of fused-ring (bicyclic) bond motifs is 9. The van der Waals surface area contributed by atoms with Crippen molar-refractivity contribution in [1.82, 2.24) is 97.0 Å². The molecule has 8 aliphatic rings. The third-order valence-corrected chi connectivity index (χ3v) is 31.4. The van der Waals surface area contributed by atoms with Crippen LogP contribution in [-0.4, -0.2) is 169 Å². The van der Waals surface area contributed by atoms with Gasteiger partial charge >= 0.3 is 0 Å². The zero-order valence-corrected chi connectivity index (χ0v) is 84.3. The number of hydrogen-bond acceptors (Lipinski definition) is 24. The number of rotatable bonds is 24. The van der Waals surface area contributed by atoms with E-state index in [0.29, 0.717) is 182 Å². The number of nitrogen functional groups attached to an aromatic ring is 4. The normalized spacial score (nSPS) is 20.7. The lowest BCUT2D eigenvalue weighted by Gasteiger charge is -2.33. The molecule has 16 aromatic rings. The number of pyridine rings is 4. The summed E-state index contributed by atoms with van der Waals surface area (Å²) in [5.41, 5.74) is 38.9. The minimum atomic E-state index is -0.199. The number of ketones is 4. The zero-order chi connectivity index (χ0) is 104. The first-order chi connectivity index (χ1) is 72.0. The number of hydrogen-bond donors (Lipinski definition) is 4. The predicted octanol–water partition coefficient (Wildman–Crippen LogP) is 18.7. The Morgan fingerprint density at radius 2 is 0.705 bits per heavy atom. The third-order valence-electron chi connectivity index (χ3n) is 30.5. The second kappa shape index (κ2) is 40.6. The average Bonchev–Trinajstić information content (AvgIpc) is 1.51. The summed E-state index contributed by atoms with van der Waals surface area (Å²) in [6, 6.07) is 42.4. The van der Waals surface area contributed by atoms with Gasteiger partial charge in [-0.1, -0.05) is 190 Å². The second-order valence-corrected chi connectivity index (χ2v) is 41.2. The molecule has 24 rings (SSSR count). The first-order valence-electron chi connectivity index (χ1n) is 49.2. The van der Waals surface area contributed by atoms with E-state index >= 15 is 0 Å². The molecule has 4 aliphatic heterocycles. The van der Waals surface area contributed by atoms with E-state index in [9.17, 15) is 38.4 Å². The van der Waals surface area contributed by atoms with Crippen LogP contribution in [0.25, 0.3) is 67.1 Å². The predicted molar refractivity (Wildman–Crippen MR) is 569 cm³/mol. The number of nitrogens with zero attached hydrogens (tertiary/aromatic N) is 20. The van der Waals surface area contributed by atoms with Gasteiger partial charge in [0, 0.05) is 187 Å². The van der Waals surface area contributed by atoms with Gasteiger partial charge in [0.15, 0.2) is 23.1 Å². The molecule has 8 unspecified atom stereocenters. The monoisotopic (exact) mass is 2060 g/mol. The maximum Gasteiger partial charge on any atom is 0.246 e. The molecule has 4 aliphatic carbocycles. The maximum absolute atomic E-state index is 12.9. The lowest BCUT2D eigenvalue weighted by atomic mass is 9.93. The number of benzene rings is 4. The van der Waals surface area contributed by atoms with Crippen molar-refractivity contribution < 1.29 is 38.4 Å². The molecule has 16 heterocycles. The van der Waals surface area contributed by atoms with Crippen LogP contribution in [0.1, 0.15) is 177 Å². The summed E-state index contributed by atoms with van der Waals surface area (Å²) in [5.74, 6) is 6.22. The van der Waals surface area contributed by atoms with Gasteiger partial charge in [0.2, 0.25) is 23.6 Å². The van der Waals surface area contributed by atoms with E-state index in [1.54, 1.807) is 147 Å². The number of carbonyl (C=O) groups excluding carboxylic acids is 8. The molecule has 750 valence electrons. The van der Waals surface area contributed by atoms with Crippen LogP contribution in [0, 0.1) is 40.9 Å². The van der Waals surface area contributed by atoms with E-state index < -0.39 is 0 Å². The Bertz CT molecular complexity index is 7940. The van der Waals surface area contributed by atoms with Crippen LogP contribution in [0.15, 0.2) is 271 Å². The maximum atomic E-state index is 12.9. The molecule has 12 atom stereocenters. The molecule has 36 heteroatoms. The Hall–Kier alpha value is -16.2. The van der Waals surface area contributed by atoms with Crippen molar-refractivity contribution in [2.45, 2.75) is 127 Å². The summed E-state index contributed by atoms with van der Waals surface area (Å²) in [4.78, 5) is 164. The van der Waals surface area contributed by atoms with Gasteiger partial charge in [0.05, 0.1) is 49.9 Å². The minimum absolute atomic E-state index is 0.0558. The number of aromatic nitrogens is 16.